The molecule has 58 valence electrons. The molecule has 0 aliphatic rings. The molecule has 0 aliphatic carbocycles. The van der Waals surface area contributed by atoms with Gasteiger partial charge >= 0.3 is 23.1 Å². The second kappa shape index (κ2) is 12.8. The molecule has 0 saturated carbocycles. The minimum atomic E-state index is 0. The van der Waals surface area contributed by atoms with Crippen molar-refractivity contribution in [1.82, 2.24) is 0 Å². The van der Waals surface area contributed by atoms with Crippen LogP contribution in [0.1, 0.15) is 33.1 Å². The summed E-state index contributed by atoms with van der Waals surface area (Å²) in [5.74, 6) is 0.398. The van der Waals surface area contributed by atoms with Crippen LogP contribution in [0.15, 0.2) is 0 Å². The first-order valence-corrected chi connectivity index (χ1v) is 3.39. The van der Waals surface area contributed by atoms with E-state index in [1.807, 2.05) is 6.92 Å². The molecular formula is C7H15BrMgO. The average molecular weight is 219 g/mol. The van der Waals surface area contributed by atoms with Gasteiger partial charge in [0.15, 0.2) is 0 Å². The average Bonchev–Trinajstić information content (AvgIpc) is 1.83. The van der Waals surface area contributed by atoms with Crippen LogP contribution in [0.2, 0.25) is 0 Å². The molecule has 0 aromatic carbocycles. The summed E-state index contributed by atoms with van der Waals surface area (Å²) in [4.78, 5) is 0. The Bertz CT molecular complexity index is 52.9. The maximum absolute atomic E-state index is 10.1. The number of unbranched alkanes of at least 4 members (excludes halogenated alkanes) is 1. The number of halogens is 1. The molecule has 0 aromatic rings. The second-order valence-corrected chi connectivity index (χ2v) is 2.41. The summed E-state index contributed by atoms with van der Waals surface area (Å²) in [6.07, 6.45) is 3.54. The largest absolute Gasteiger partial charge is 2.00 e. The van der Waals surface area contributed by atoms with Gasteiger partial charge in [-0.3, -0.25) is 0 Å². The van der Waals surface area contributed by atoms with Crippen molar-refractivity contribution < 1.29 is 22.1 Å². The van der Waals surface area contributed by atoms with Crippen LogP contribution in [-0.4, -0.2) is 29.7 Å². The summed E-state index contributed by atoms with van der Waals surface area (Å²) < 4.78 is 0. The molecule has 0 aromatic heterocycles. The Morgan fingerprint density at radius 2 is 1.90 bits per heavy atom. The Labute approximate surface area is 90.5 Å². The van der Waals surface area contributed by atoms with E-state index < -0.39 is 0 Å². The molecule has 1 nitrogen and oxygen atoms in total. The van der Waals surface area contributed by atoms with Gasteiger partial charge < -0.3 is 22.1 Å². The molecule has 3 heteroatoms. The summed E-state index contributed by atoms with van der Waals surface area (Å²) >= 11 is 0. The maximum atomic E-state index is 10.1. The van der Waals surface area contributed by atoms with Gasteiger partial charge in [0.2, 0.25) is 0 Å². The Balaban J connectivity index is -0.000000245. The fourth-order valence-electron chi connectivity index (χ4n) is 0.636. The van der Waals surface area contributed by atoms with Gasteiger partial charge in [0.05, 0.1) is 0 Å². The smallest absolute Gasteiger partial charge is 1.00 e. The monoisotopic (exact) mass is 218 g/mol. The molecule has 0 aliphatic heterocycles. The van der Waals surface area contributed by atoms with Gasteiger partial charge in [-0.25, -0.2) is 0 Å². The Morgan fingerprint density at radius 1 is 1.40 bits per heavy atom. The van der Waals surface area contributed by atoms with Crippen molar-refractivity contribution >= 4 is 23.1 Å². The first-order valence-electron chi connectivity index (χ1n) is 3.39. The van der Waals surface area contributed by atoms with E-state index in [1.54, 1.807) is 0 Å². The molecule has 1 unspecified atom stereocenters. The van der Waals surface area contributed by atoms with Gasteiger partial charge in [-0.15, -0.1) is 6.61 Å². The van der Waals surface area contributed by atoms with Crippen LogP contribution in [0.3, 0.4) is 0 Å². The predicted octanol–water partition coefficient (Wildman–Crippen LogP) is -2.20. The second-order valence-electron chi connectivity index (χ2n) is 2.41. The Morgan fingerprint density at radius 3 is 2.20 bits per heavy atom. The third-order valence-corrected chi connectivity index (χ3v) is 1.33. The van der Waals surface area contributed by atoms with Gasteiger partial charge in [0.25, 0.3) is 0 Å². The first-order chi connectivity index (χ1) is 3.81. The molecule has 0 fully saturated rings. The van der Waals surface area contributed by atoms with Crippen molar-refractivity contribution in [3.05, 3.63) is 0 Å². The van der Waals surface area contributed by atoms with Gasteiger partial charge in [-0.2, -0.15) is 0 Å². The number of hydrogen-bond donors (Lipinski definition) is 0. The first kappa shape index (κ1) is 17.3. The molecule has 0 heterocycles. The zero-order chi connectivity index (χ0) is 6.41. The van der Waals surface area contributed by atoms with Gasteiger partial charge in [0, 0.05) is 0 Å². The maximum Gasteiger partial charge on any atom is 2.00 e. The molecule has 0 rings (SSSR count). The fourth-order valence-corrected chi connectivity index (χ4v) is 0.636. The minimum absolute atomic E-state index is 0. The van der Waals surface area contributed by atoms with E-state index in [0.717, 1.165) is 6.42 Å². The molecule has 0 radical (unpaired) electrons. The van der Waals surface area contributed by atoms with Crippen molar-refractivity contribution in [3.63, 3.8) is 0 Å². The summed E-state index contributed by atoms with van der Waals surface area (Å²) in [5, 5.41) is 10.1. The van der Waals surface area contributed by atoms with E-state index in [9.17, 15) is 5.11 Å². The zero-order valence-corrected chi connectivity index (χ0v) is 9.90. The van der Waals surface area contributed by atoms with E-state index in [0.29, 0.717) is 5.92 Å². The van der Waals surface area contributed by atoms with Crippen LogP contribution >= 0.6 is 0 Å². The molecule has 0 saturated heterocycles. The van der Waals surface area contributed by atoms with Crippen molar-refractivity contribution in [2.24, 2.45) is 5.92 Å². The van der Waals surface area contributed by atoms with E-state index in [1.165, 1.54) is 12.8 Å². The number of rotatable bonds is 4. The van der Waals surface area contributed by atoms with Crippen LogP contribution in [0.5, 0.6) is 0 Å². The molecule has 0 bridgehead atoms. The Hall–Kier alpha value is 1.21. The van der Waals surface area contributed by atoms with Crippen molar-refractivity contribution in [2.45, 2.75) is 33.1 Å². The molecule has 0 amide bonds. The van der Waals surface area contributed by atoms with Crippen LogP contribution in [0.25, 0.3) is 0 Å². The van der Waals surface area contributed by atoms with Crippen molar-refractivity contribution in [3.8, 4) is 0 Å². The summed E-state index contributed by atoms with van der Waals surface area (Å²) in [7, 11) is 0. The minimum Gasteiger partial charge on any atom is -1.00 e. The molecule has 1 atom stereocenters. The van der Waals surface area contributed by atoms with E-state index >= 15 is 0 Å². The zero-order valence-electron chi connectivity index (χ0n) is 6.90. The summed E-state index contributed by atoms with van der Waals surface area (Å²) in [6, 6.07) is 0. The predicted molar refractivity (Wildman–Crippen MR) is 39.3 cm³/mol. The van der Waals surface area contributed by atoms with Crippen molar-refractivity contribution in [1.29, 1.82) is 0 Å². The fraction of sp³-hybridized carbons (Fsp3) is 1.00. The third-order valence-electron chi connectivity index (χ3n) is 1.33. The molecular weight excluding hydrogens is 204 g/mol. The van der Waals surface area contributed by atoms with Gasteiger partial charge in [0.1, 0.15) is 0 Å². The third kappa shape index (κ3) is 11.9. The van der Waals surface area contributed by atoms with Gasteiger partial charge in [-0.1, -0.05) is 39.0 Å². The number of hydrogen-bond acceptors (Lipinski definition) is 1. The summed E-state index contributed by atoms with van der Waals surface area (Å²) in [5.41, 5.74) is 0. The van der Waals surface area contributed by atoms with Crippen molar-refractivity contribution in [2.75, 3.05) is 6.61 Å². The van der Waals surface area contributed by atoms with E-state index in [-0.39, 0.29) is 46.6 Å². The van der Waals surface area contributed by atoms with E-state index in [2.05, 4.69) is 6.92 Å². The van der Waals surface area contributed by atoms with Crippen LogP contribution in [0.4, 0.5) is 0 Å². The normalized spacial score (nSPS) is 11.1. The SMILES string of the molecule is CCCCC(C)C[O-].[Br-].[Mg+2]. The topological polar surface area (TPSA) is 23.1 Å². The van der Waals surface area contributed by atoms with Crippen LogP contribution < -0.4 is 22.1 Å². The Kier molecular flexibility index (Phi) is 22.3. The van der Waals surface area contributed by atoms with Gasteiger partial charge in [-0.05, 0) is 0 Å². The standard InChI is InChI=1S/C7H15O.BrH.Mg/c1-3-4-5-7(2)6-8;;/h7H,3-6H2,1-2H3;1H;/q-1;;+2/p-1. The molecule has 0 spiro atoms. The van der Waals surface area contributed by atoms with E-state index in [4.69, 9.17) is 0 Å². The quantitative estimate of drug-likeness (QED) is 0.492. The summed E-state index contributed by atoms with van der Waals surface area (Å²) in [6.45, 7) is 4.26. The van der Waals surface area contributed by atoms with Crippen LogP contribution in [-0.2, 0) is 0 Å². The van der Waals surface area contributed by atoms with Crippen LogP contribution in [0, 0.1) is 5.92 Å². The molecule has 0 N–H and O–H groups in total. The molecule has 10 heavy (non-hydrogen) atoms.